The molecule has 1 aromatic carbocycles. The number of rotatable bonds is 2. The molecule has 1 unspecified atom stereocenters. The van der Waals surface area contributed by atoms with Crippen molar-refractivity contribution in [1.29, 1.82) is 0 Å². The van der Waals surface area contributed by atoms with Gasteiger partial charge in [-0.05, 0) is 48.8 Å². The number of fused-ring (bicyclic) bond motifs is 2. The van der Waals surface area contributed by atoms with Crippen molar-refractivity contribution in [3.05, 3.63) is 35.4 Å². The number of halogens is 3. The highest BCUT2D eigenvalue weighted by molar-refractivity contribution is 5.78. The third kappa shape index (κ3) is 6.29. The summed E-state index contributed by atoms with van der Waals surface area (Å²) in [6, 6.07) is 8.83. The highest BCUT2D eigenvalue weighted by Gasteiger charge is 2.46. The number of likely N-dealkylation sites (tertiary alicyclic amines) is 1. The predicted octanol–water partition coefficient (Wildman–Crippen LogP) is 2.99. The van der Waals surface area contributed by atoms with E-state index in [1.165, 1.54) is 11.1 Å². The highest BCUT2D eigenvalue weighted by Crippen LogP contribution is 2.52. The van der Waals surface area contributed by atoms with Crippen molar-refractivity contribution in [3.8, 4) is 0 Å². The number of carbonyl (C=O) groups is 3. The lowest BCUT2D eigenvalue weighted by molar-refractivity contribution is -0.192. The number of urea groups is 1. The molecule has 36 heavy (non-hydrogen) atoms. The molecule has 2 aliphatic heterocycles. The smallest absolute Gasteiger partial charge is 0.475 e. The molecule has 1 atom stereocenters. The number of likely N-dealkylation sites (N-methyl/N-ethyl adjacent to an activating group) is 1. The summed E-state index contributed by atoms with van der Waals surface area (Å²) in [6.45, 7) is 5.21. The number of carboxylic acids is 1. The van der Waals surface area contributed by atoms with Crippen LogP contribution in [0, 0.1) is 0 Å². The molecule has 1 aromatic rings. The summed E-state index contributed by atoms with van der Waals surface area (Å²) in [7, 11) is 5.75. The maximum atomic E-state index is 13.0. The van der Waals surface area contributed by atoms with E-state index in [0.717, 1.165) is 58.5 Å². The van der Waals surface area contributed by atoms with Gasteiger partial charge in [-0.15, -0.1) is 0 Å². The van der Waals surface area contributed by atoms with E-state index in [-0.39, 0.29) is 11.4 Å². The number of benzene rings is 1. The molecule has 1 N–H and O–H groups in total. The van der Waals surface area contributed by atoms with E-state index in [1.807, 2.05) is 23.9 Å². The lowest BCUT2D eigenvalue weighted by atomic mass is 9.73. The fraction of sp³-hybridized carbons (Fsp3) is 0.640. The van der Waals surface area contributed by atoms with E-state index in [9.17, 15) is 22.8 Å². The SMILES string of the molecule is CN1CCN(C(=O)CC2CC3(CCN(C(=O)N(C)C)CC3)c3ccccc32)CC1.O=C(O)C(F)(F)F. The second kappa shape index (κ2) is 11.1. The Morgan fingerprint density at radius 1 is 1.00 bits per heavy atom. The zero-order chi connectivity index (χ0) is 26.7. The molecule has 0 radical (unpaired) electrons. The van der Waals surface area contributed by atoms with Crippen molar-refractivity contribution >= 4 is 17.9 Å². The Morgan fingerprint density at radius 3 is 2.08 bits per heavy atom. The average molecular weight is 513 g/mol. The first-order valence-electron chi connectivity index (χ1n) is 12.2. The van der Waals surface area contributed by atoms with Gasteiger partial charge in [0, 0.05) is 59.8 Å². The normalized spacial score (nSPS) is 21.4. The number of piperidine rings is 1. The van der Waals surface area contributed by atoms with Gasteiger partial charge in [-0.3, -0.25) is 4.79 Å². The number of carbonyl (C=O) groups excluding carboxylic acids is 2. The molecule has 1 aliphatic carbocycles. The van der Waals surface area contributed by atoms with Gasteiger partial charge in [0.1, 0.15) is 0 Å². The number of hydrogen-bond donors (Lipinski definition) is 1. The first-order valence-corrected chi connectivity index (χ1v) is 12.2. The second-order valence-electron chi connectivity index (χ2n) is 10.1. The first kappa shape index (κ1) is 27.8. The molecule has 0 saturated carbocycles. The minimum Gasteiger partial charge on any atom is -0.475 e. The van der Waals surface area contributed by atoms with Crippen molar-refractivity contribution in [2.75, 3.05) is 60.4 Å². The second-order valence-corrected chi connectivity index (χ2v) is 10.1. The van der Waals surface area contributed by atoms with E-state index in [2.05, 4.69) is 36.2 Å². The van der Waals surface area contributed by atoms with Crippen LogP contribution in [0.1, 0.15) is 42.7 Å². The van der Waals surface area contributed by atoms with Gasteiger partial charge in [-0.25, -0.2) is 9.59 Å². The minimum absolute atomic E-state index is 0.105. The van der Waals surface area contributed by atoms with E-state index in [4.69, 9.17) is 9.90 Å². The fourth-order valence-corrected chi connectivity index (χ4v) is 5.49. The van der Waals surface area contributed by atoms with Gasteiger partial charge in [0.05, 0.1) is 0 Å². The maximum absolute atomic E-state index is 13.0. The van der Waals surface area contributed by atoms with Crippen molar-refractivity contribution in [1.82, 2.24) is 19.6 Å². The Balaban J connectivity index is 0.000000454. The number of nitrogens with zero attached hydrogens (tertiary/aromatic N) is 4. The number of aliphatic carboxylic acids is 1. The van der Waals surface area contributed by atoms with Crippen LogP contribution in [-0.4, -0.2) is 109 Å². The largest absolute Gasteiger partial charge is 0.490 e. The van der Waals surface area contributed by atoms with Crippen molar-refractivity contribution in [3.63, 3.8) is 0 Å². The lowest BCUT2D eigenvalue weighted by Crippen LogP contribution is -2.48. The summed E-state index contributed by atoms with van der Waals surface area (Å²) in [4.78, 5) is 42.2. The zero-order valence-corrected chi connectivity index (χ0v) is 21.1. The summed E-state index contributed by atoms with van der Waals surface area (Å²) in [5.74, 6) is -2.16. The van der Waals surface area contributed by atoms with Crippen LogP contribution in [0.4, 0.5) is 18.0 Å². The molecule has 0 aromatic heterocycles. The number of hydrogen-bond acceptors (Lipinski definition) is 4. The van der Waals surface area contributed by atoms with Crippen LogP contribution in [0.5, 0.6) is 0 Å². The molecule has 4 rings (SSSR count). The van der Waals surface area contributed by atoms with Gasteiger partial charge in [0.15, 0.2) is 0 Å². The number of alkyl halides is 3. The summed E-state index contributed by atoms with van der Waals surface area (Å²) in [5, 5.41) is 7.12. The van der Waals surface area contributed by atoms with Crippen molar-refractivity contribution < 1.29 is 32.7 Å². The Bertz CT molecular complexity index is 953. The Morgan fingerprint density at radius 2 is 1.56 bits per heavy atom. The molecule has 0 bridgehead atoms. The molecular formula is C25H35F3N4O4. The van der Waals surface area contributed by atoms with Gasteiger partial charge in [-0.1, -0.05) is 24.3 Å². The summed E-state index contributed by atoms with van der Waals surface area (Å²) in [5.41, 5.74) is 2.91. The topological polar surface area (TPSA) is 84.4 Å². The molecule has 2 heterocycles. The Hall–Kier alpha value is -2.82. The van der Waals surface area contributed by atoms with Crippen LogP contribution >= 0.6 is 0 Å². The predicted molar refractivity (Wildman–Crippen MR) is 128 cm³/mol. The fourth-order valence-electron chi connectivity index (χ4n) is 5.49. The zero-order valence-electron chi connectivity index (χ0n) is 21.1. The Labute approximate surface area is 209 Å². The van der Waals surface area contributed by atoms with Crippen LogP contribution < -0.4 is 0 Å². The van der Waals surface area contributed by atoms with Gasteiger partial charge in [0.2, 0.25) is 5.91 Å². The minimum atomic E-state index is -5.08. The molecule has 3 amide bonds. The van der Waals surface area contributed by atoms with Gasteiger partial charge in [0.25, 0.3) is 0 Å². The quantitative estimate of drug-likeness (QED) is 0.659. The summed E-state index contributed by atoms with van der Waals surface area (Å²) < 4.78 is 31.7. The van der Waals surface area contributed by atoms with Crippen LogP contribution in [0.15, 0.2) is 24.3 Å². The van der Waals surface area contributed by atoms with Crippen LogP contribution in [0.25, 0.3) is 0 Å². The van der Waals surface area contributed by atoms with Crippen molar-refractivity contribution in [2.24, 2.45) is 0 Å². The lowest BCUT2D eigenvalue weighted by Gasteiger charge is -2.41. The molecule has 3 aliphatic rings. The molecular weight excluding hydrogens is 477 g/mol. The molecule has 8 nitrogen and oxygen atoms in total. The van der Waals surface area contributed by atoms with Crippen LogP contribution in [-0.2, 0) is 15.0 Å². The van der Waals surface area contributed by atoms with Gasteiger partial charge in [-0.2, -0.15) is 13.2 Å². The number of piperazine rings is 1. The first-order chi connectivity index (χ1) is 16.8. The molecule has 2 fully saturated rings. The monoisotopic (exact) mass is 512 g/mol. The van der Waals surface area contributed by atoms with Gasteiger partial charge < -0.3 is 24.7 Å². The molecule has 200 valence electrons. The Kier molecular flexibility index (Phi) is 8.53. The molecule has 11 heteroatoms. The van der Waals surface area contributed by atoms with E-state index in [0.29, 0.717) is 18.2 Å². The van der Waals surface area contributed by atoms with Gasteiger partial charge >= 0.3 is 18.2 Å². The highest BCUT2D eigenvalue weighted by atomic mass is 19.4. The molecule has 1 spiro atoms. The molecule has 2 saturated heterocycles. The van der Waals surface area contributed by atoms with E-state index in [1.54, 1.807) is 4.90 Å². The van der Waals surface area contributed by atoms with E-state index >= 15 is 0 Å². The van der Waals surface area contributed by atoms with Crippen molar-refractivity contribution in [2.45, 2.75) is 43.2 Å². The van der Waals surface area contributed by atoms with E-state index < -0.39 is 12.1 Å². The average Bonchev–Trinajstić information content (AvgIpc) is 3.12. The number of carboxylic acid groups (broad SMARTS) is 1. The van der Waals surface area contributed by atoms with Crippen LogP contribution in [0.3, 0.4) is 0 Å². The third-order valence-corrected chi connectivity index (χ3v) is 7.50. The third-order valence-electron chi connectivity index (χ3n) is 7.50. The summed E-state index contributed by atoms with van der Waals surface area (Å²) in [6.07, 6.45) is -1.45. The number of amides is 3. The maximum Gasteiger partial charge on any atom is 0.490 e. The standard InChI is InChI=1S/C23H34N4O2.C2HF3O2/c1-24(2)22(29)27-10-8-23(9-11-27)17-18(19-6-4-5-7-20(19)23)16-21(28)26-14-12-25(3)13-15-26;3-2(4,5)1(6)7/h4-7,18H,8-17H2,1-3H3;(H,6,7). The summed E-state index contributed by atoms with van der Waals surface area (Å²) >= 11 is 0. The van der Waals surface area contributed by atoms with Crippen LogP contribution in [0.2, 0.25) is 0 Å².